The number of β-amino-alcohol motifs (C(OH)–C–C–N with tert-alkyl or cyclic N) is 1. The Kier molecular flexibility index (Phi) is 6.05. The van der Waals surface area contributed by atoms with Gasteiger partial charge in [-0.3, -0.25) is 9.59 Å². The number of nitrogens with one attached hydrogen (secondary N) is 1. The summed E-state index contributed by atoms with van der Waals surface area (Å²) in [6, 6.07) is 2.84. The fourth-order valence-corrected chi connectivity index (χ4v) is 2.95. The van der Waals surface area contributed by atoms with E-state index in [4.69, 9.17) is 33.0 Å². The van der Waals surface area contributed by atoms with Crippen molar-refractivity contribution in [2.75, 3.05) is 32.1 Å². The molecule has 1 aliphatic rings. The first kappa shape index (κ1) is 19.2. The molecule has 0 saturated carbocycles. The van der Waals surface area contributed by atoms with Crippen molar-refractivity contribution < 1.29 is 24.2 Å². The quantitative estimate of drug-likeness (QED) is 0.572. The smallest absolute Gasteiger partial charge is 0.337 e. The highest BCUT2D eigenvalue weighted by Crippen LogP contribution is 2.34. The maximum absolute atomic E-state index is 12.5. The molecule has 0 aromatic heterocycles. The minimum Gasteiger partial charge on any atom is -0.466 e. The summed E-state index contributed by atoms with van der Waals surface area (Å²) in [5.74, 6) is -1.38. The van der Waals surface area contributed by atoms with Crippen molar-refractivity contribution in [1.29, 1.82) is 0 Å². The summed E-state index contributed by atoms with van der Waals surface area (Å²) in [7, 11) is 1.20. The SMILES string of the molecule is COC(=O)C1=C(Nc2c(Cl)cc(C(C)=O)cc2Cl)C(=O)N(CCO)C1. The lowest BCUT2D eigenvalue weighted by molar-refractivity contribution is -0.136. The number of rotatable bonds is 6. The van der Waals surface area contributed by atoms with E-state index in [-0.39, 0.29) is 52.5 Å². The molecule has 134 valence electrons. The van der Waals surface area contributed by atoms with Crippen LogP contribution in [0.5, 0.6) is 0 Å². The fourth-order valence-electron chi connectivity index (χ4n) is 2.37. The number of carbonyl (C=O) groups excluding carboxylic acids is 3. The molecular weight excluding hydrogens is 371 g/mol. The maximum atomic E-state index is 12.5. The molecule has 0 saturated heterocycles. The van der Waals surface area contributed by atoms with Crippen molar-refractivity contribution in [2.24, 2.45) is 0 Å². The first-order chi connectivity index (χ1) is 11.8. The van der Waals surface area contributed by atoms with Gasteiger partial charge in [-0.05, 0) is 19.1 Å². The monoisotopic (exact) mass is 386 g/mol. The number of Topliss-reactive ketones (excluding diaryl/α,β-unsaturated/α-hetero) is 1. The first-order valence-corrected chi connectivity index (χ1v) is 8.04. The largest absolute Gasteiger partial charge is 0.466 e. The van der Waals surface area contributed by atoms with Crippen LogP contribution < -0.4 is 5.32 Å². The Hall–Kier alpha value is -2.09. The lowest BCUT2D eigenvalue weighted by Gasteiger charge is -2.16. The molecule has 1 aliphatic heterocycles. The van der Waals surface area contributed by atoms with Crippen LogP contribution in [0.25, 0.3) is 0 Å². The molecule has 0 spiro atoms. The zero-order chi connectivity index (χ0) is 18.7. The molecule has 0 unspecified atom stereocenters. The number of esters is 1. The molecule has 1 heterocycles. The third-order valence-corrected chi connectivity index (χ3v) is 4.25. The number of amides is 1. The summed E-state index contributed by atoms with van der Waals surface area (Å²) >= 11 is 12.3. The van der Waals surface area contributed by atoms with E-state index < -0.39 is 11.9 Å². The van der Waals surface area contributed by atoms with Crippen LogP contribution in [0.2, 0.25) is 10.0 Å². The van der Waals surface area contributed by atoms with Crippen LogP contribution in [0.4, 0.5) is 5.69 Å². The first-order valence-electron chi connectivity index (χ1n) is 7.28. The van der Waals surface area contributed by atoms with E-state index in [9.17, 15) is 14.4 Å². The highest BCUT2D eigenvalue weighted by atomic mass is 35.5. The number of nitrogens with zero attached hydrogens (tertiary/aromatic N) is 1. The molecule has 0 aliphatic carbocycles. The van der Waals surface area contributed by atoms with Crippen molar-refractivity contribution in [2.45, 2.75) is 6.92 Å². The van der Waals surface area contributed by atoms with Crippen LogP contribution in [0.15, 0.2) is 23.4 Å². The van der Waals surface area contributed by atoms with E-state index in [1.54, 1.807) is 0 Å². The number of methoxy groups -OCH3 is 1. The van der Waals surface area contributed by atoms with Gasteiger partial charge in [0.25, 0.3) is 5.91 Å². The van der Waals surface area contributed by atoms with Gasteiger partial charge in [0.1, 0.15) is 5.70 Å². The van der Waals surface area contributed by atoms with Gasteiger partial charge in [0.05, 0.1) is 41.6 Å². The number of ether oxygens (including phenoxy) is 1. The summed E-state index contributed by atoms with van der Waals surface area (Å²) in [6.07, 6.45) is 0. The number of ketones is 1. The van der Waals surface area contributed by atoms with E-state index >= 15 is 0 Å². The average molecular weight is 387 g/mol. The summed E-state index contributed by atoms with van der Waals surface area (Å²) in [5, 5.41) is 12.1. The molecule has 2 rings (SSSR count). The van der Waals surface area contributed by atoms with Gasteiger partial charge in [-0.2, -0.15) is 0 Å². The normalized spacial score (nSPS) is 14.1. The Balaban J connectivity index is 2.43. The van der Waals surface area contributed by atoms with Crippen molar-refractivity contribution in [3.05, 3.63) is 39.0 Å². The number of carbonyl (C=O) groups is 3. The standard InChI is InChI=1S/C16H16Cl2N2O5/c1-8(22)9-5-11(17)14(12(18)6-9)19-13-10(16(24)25-2)7-20(3-4-21)15(13)23/h5-6,19,21H,3-4,7H2,1-2H3. The maximum Gasteiger partial charge on any atom is 0.337 e. The van der Waals surface area contributed by atoms with Crippen molar-refractivity contribution in [3.63, 3.8) is 0 Å². The van der Waals surface area contributed by atoms with Gasteiger partial charge < -0.3 is 20.1 Å². The molecule has 1 aromatic carbocycles. The number of halogens is 2. The van der Waals surface area contributed by atoms with Gasteiger partial charge in [-0.1, -0.05) is 23.2 Å². The summed E-state index contributed by atoms with van der Waals surface area (Å²) in [4.78, 5) is 37.2. The highest BCUT2D eigenvalue weighted by Gasteiger charge is 2.35. The van der Waals surface area contributed by atoms with E-state index in [0.717, 1.165) is 0 Å². The zero-order valence-corrected chi connectivity index (χ0v) is 15.1. The summed E-state index contributed by atoms with van der Waals surface area (Å²) in [6.45, 7) is 1.19. The van der Waals surface area contributed by atoms with Crippen LogP contribution >= 0.6 is 23.2 Å². The molecule has 0 bridgehead atoms. The average Bonchev–Trinajstić information content (AvgIpc) is 2.86. The topological polar surface area (TPSA) is 95.9 Å². The van der Waals surface area contributed by atoms with Crippen LogP contribution in [0.3, 0.4) is 0 Å². The molecule has 2 N–H and O–H groups in total. The van der Waals surface area contributed by atoms with Gasteiger partial charge in [0.15, 0.2) is 5.78 Å². The Morgan fingerprint density at radius 1 is 1.32 bits per heavy atom. The number of aliphatic hydroxyl groups is 1. The van der Waals surface area contributed by atoms with Crippen molar-refractivity contribution in [1.82, 2.24) is 4.90 Å². The van der Waals surface area contributed by atoms with Gasteiger partial charge in [-0.25, -0.2) is 4.79 Å². The number of hydrogen-bond acceptors (Lipinski definition) is 6. The van der Waals surface area contributed by atoms with Gasteiger partial charge in [0, 0.05) is 12.1 Å². The Labute approximate surface area is 154 Å². The molecule has 0 radical (unpaired) electrons. The highest BCUT2D eigenvalue weighted by molar-refractivity contribution is 6.40. The van der Waals surface area contributed by atoms with Crippen molar-refractivity contribution in [3.8, 4) is 0 Å². The second-order valence-corrected chi connectivity index (χ2v) is 6.11. The molecule has 9 heteroatoms. The second-order valence-electron chi connectivity index (χ2n) is 5.29. The molecule has 7 nitrogen and oxygen atoms in total. The molecule has 0 fully saturated rings. The fraction of sp³-hybridized carbons (Fsp3) is 0.312. The Morgan fingerprint density at radius 3 is 2.40 bits per heavy atom. The van der Waals surface area contributed by atoms with Crippen LogP contribution in [-0.4, -0.2) is 54.5 Å². The number of benzene rings is 1. The van der Waals surface area contributed by atoms with Crippen LogP contribution in [0.1, 0.15) is 17.3 Å². The van der Waals surface area contributed by atoms with Gasteiger partial charge in [0.2, 0.25) is 0 Å². The second kappa shape index (κ2) is 7.86. The van der Waals surface area contributed by atoms with E-state index in [1.807, 2.05) is 0 Å². The summed E-state index contributed by atoms with van der Waals surface area (Å²) < 4.78 is 4.70. The van der Waals surface area contributed by atoms with Crippen LogP contribution in [0, 0.1) is 0 Å². The Bertz CT molecular complexity index is 753. The predicted molar refractivity (Wildman–Crippen MR) is 92.8 cm³/mol. The van der Waals surface area contributed by atoms with Crippen LogP contribution in [-0.2, 0) is 14.3 Å². The third-order valence-electron chi connectivity index (χ3n) is 3.65. The molecule has 1 amide bonds. The lowest BCUT2D eigenvalue weighted by atomic mass is 10.1. The summed E-state index contributed by atoms with van der Waals surface area (Å²) in [5.41, 5.74) is 0.592. The van der Waals surface area contributed by atoms with E-state index in [2.05, 4.69) is 5.32 Å². The molecule has 1 aromatic rings. The predicted octanol–water partition coefficient (Wildman–Crippen LogP) is 1.87. The molecule has 0 atom stereocenters. The minimum absolute atomic E-state index is 0.00479. The zero-order valence-electron chi connectivity index (χ0n) is 13.6. The molecular formula is C16H16Cl2N2O5. The molecule has 25 heavy (non-hydrogen) atoms. The number of aliphatic hydroxyl groups excluding tert-OH is 1. The van der Waals surface area contributed by atoms with Crippen molar-refractivity contribution >= 4 is 46.5 Å². The lowest BCUT2D eigenvalue weighted by Crippen LogP contribution is -2.31. The van der Waals surface area contributed by atoms with E-state index in [0.29, 0.717) is 5.56 Å². The van der Waals surface area contributed by atoms with Gasteiger partial charge >= 0.3 is 5.97 Å². The van der Waals surface area contributed by atoms with Gasteiger partial charge in [-0.15, -0.1) is 0 Å². The minimum atomic E-state index is -0.677. The Morgan fingerprint density at radius 2 is 1.92 bits per heavy atom. The third kappa shape index (κ3) is 3.95. The van der Waals surface area contributed by atoms with E-state index in [1.165, 1.54) is 31.1 Å². The number of hydrogen-bond donors (Lipinski definition) is 2. The number of anilines is 1.